The Bertz CT molecular complexity index is 1730. The number of ether oxygens (including phenoxy) is 4. The molecular formula is C54H84O6. The molecule has 1 aliphatic carbocycles. The first kappa shape index (κ1) is 50.8. The Morgan fingerprint density at radius 3 is 2.05 bits per heavy atom. The van der Waals surface area contributed by atoms with Crippen molar-refractivity contribution in [1.82, 2.24) is 0 Å². The van der Waals surface area contributed by atoms with Crippen molar-refractivity contribution in [3.05, 3.63) is 81.0 Å². The van der Waals surface area contributed by atoms with Gasteiger partial charge in [-0.3, -0.25) is 4.79 Å². The van der Waals surface area contributed by atoms with Gasteiger partial charge in [0.25, 0.3) is 0 Å². The zero-order chi connectivity index (χ0) is 44.6. The summed E-state index contributed by atoms with van der Waals surface area (Å²) in [5.41, 5.74) is 9.12. The highest BCUT2D eigenvalue weighted by molar-refractivity contribution is 5.83. The van der Waals surface area contributed by atoms with Crippen LogP contribution < -0.4 is 9.47 Å². The smallest absolute Gasteiger partial charge is 0.331 e. The lowest BCUT2D eigenvalue weighted by Gasteiger charge is -2.38. The number of allylic oxidation sites excluding steroid dienone is 9. The van der Waals surface area contributed by atoms with Crippen molar-refractivity contribution in [1.29, 1.82) is 0 Å². The SMILES string of the molecule is CC(=O)OCC(COc1c(C)c(C)c2c(c1C)CCC(C)(CCCC(C)CCCC(C)CCCC(C)C)O2)OC(=O)/C=C(C)/C=C/C=C(C)/C=C/C1=C(C)CCCC1(C)C. The van der Waals surface area contributed by atoms with Gasteiger partial charge in [-0.05, 0) is 144 Å². The first-order valence-corrected chi connectivity index (χ1v) is 23.4. The van der Waals surface area contributed by atoms with Gasteiger partial charge in [0.05, 0.1) is 0 Å². The van der Waals surface area contributed by atoms with E-state index in [-0.39, 0.29) is 24.2 Å². The van der Waals surface area contributed by atoms with Crippen LogP contribution in [0.2, 0.25) is 0 Å². The summed E-state index contributed by atoms with van der Waals surface area (Å²) in [6.07, 6.45) is 28.1. The van der Waals surface area contributed by atoms with Crippen molar-refractivity contribution in [2.75, 3.05) is 13.2 Å². The second-order valence-corrected chi connectivity index (χ2v) is 20.0. The molecule has 0 N–H and O–H groups in total. The molecule has 0 amide bonds. The van der Waals surface area contributed by atoms with Gasteiger partial charge in [0.2, 0.25) is 0 Å². The predicted molar refractivity (Wildman–Crippen MR) is 251 cm³/mol. The topological polar surface area (TPSA) is 71.1 Å². The molecule has 336 valence electrons. The molecule has 1 aliphatic heterocycles. The third kappa shape index (κ3) is 16.7. The van der Waals surface area contributed by atoms with Crippen molar-refractivity contribution in [2.24, 2.45) is 23.2 Å². The van der Waals surface area contributed by atoms with Crippen LogP contribution in [0.5, 0.6) is 11.5 Å². The molecule has 0 bridgehead atoms. The highest BCUT2D eigenvalue weighted by Crippen LogP contribution is 2.45. The van der Waals surface area contributed by atoms with Gasteiger partial charge < -0.3 is 18.9 Å². The number of rotatable bonds is 23. The molecule has 60 heavy (non-hydrogen) atoms. The largest absolute Gasteiger partial charge is 0.489 e. The molecule has 2 aliphatic rings. The van der Waals surface area contributed by atoms with Crippen LogP contribution in [0.1, 0.15) is 182 Å². The van der Waals surface area contributed by atoms with Gasteiger partial charge >= 0.3 is 11.9 Å². The summed E-state index contributed by atoms with van der Waals surface area (Å²) in [5.74, 6) is 3.20. The average molecular weight is 829 g/mol. The fourth-order valence-electron chi connectivity index (χ4n) is 9.04. The minimum atomic E-state index is -0.779. The Labute approximate surface area is 366 Å². The Morgan fingerprint density at radius 1 is 0.767 bits per heavy atom. The van der Waals surface area contributed by atoms with Gasteiger partial charge in [-0.2, -0.15) is 0 Å². The maximum atomic E-state index is 13.1. The Hall–Kier alpha value is -3.54. The van der Waals surface area contributed by atoms with Gasteiger partial charge in [-0.25, -0.2) is 4.79 Å². The normalized spacial score (nSPS) is 20.0. The first-order chi connectivity index (χ1) is 28.2. The first-order valence-electron chi connectivity index (χ1n) is 23.4. The minimum Gasteiger partial charge on any atom is -0.489 e. The lowest BCUT2D eigenvalue weighted by atomic mass is 9.72. The summed E-state index contributed by atoms with van der Waals surface area (Å²) < 4.78 is 24.4. The zero-order valence-corrected chi connectivity index (χ0v) is 40.5. The molecular weight excluding hydrogens is 745 g/mol. The number of carbonyl (C=O) groups is 2. The van der Waals surface area contributed by atoms with E-state index in [1.165, 1.54) is 100 Å². The molecule has 0 spiro atoms. The van der Waals surface area contributed by atoms with Crippen LogP contribution in [-0.4, -0.2) is 36.9 Å². The third-order valence-corrected chi connectivity index (χ3v) is 13.1. The van der Waals surface area contributed by atoms with Gasteiger partial charge in [0.1, 0.15) is 30.3 Å². The minimum absolute atomic E-state index is 0.0520. The Balaban J connectivity index is 1.58. The molecule has 0 fully saturated rings. The van der Waals surface area contributed by atoms with E-state index < -0.39 is 18.0 Å². The van der Waals surface area contributed by atoms with Crippen molar-refractivity contribution in [3.8, 4) is 11.5 Å². The molecule has 6 nitrogen and oxygen atoms in total. The summed E-state index contributed by atoms with van der Waals surface area (Å²) in [6.45, 7) is 30.2. The summed E-state index contributed by atoms with van der Waals surface area (Å²) in [6, 6.07) is 0. The van der Waals surface area contributed by atoms with E-state index in [0.717, 1.165) is 76.4 Å². The number of carbonyl (C=O) groups excluding carboxylic acids is 2. The van der Waals surface area contributed by atoms with Crippen molar-refractivity contribution < 1.29 is 28.5 Å². The molecule has 1 aromatic carbocycles. The van der Waals surface area contributed by atoms with Crippen LogP contribution in [0.25, 0.3) is 0 Å². The van der Waals surface area contributed by atoms with Crippen molar-refractivity contribution in [3.63, 3.8) is 0 Å². The van der Waals surface area contributed by atoms with E-state index in [9.17, 15) is 9.59 Å². The number of hydrogen-bond donors (Lipinski definition) is 0. The molecule has 0 radical (unpaired) electrons. The number of hydrogen-bond acceptors (Lipinski definition) is 6. The highest BCUT2D eigenvalue weighted by atomic mass is 16.6. The Kier molecular flexibility index (Phi) is 20.5. The molecule has 0 aromatic heterocycles. The standard InChI is InChI=1S/C54H84O6/c1-37(2)20-15-21-38(3)22-16-23-39(4)26-18-32-54(14)33-30-48-45(10)51(43(8)44(9)52(48)60-54)58-36-47(35-57-46(11)55)59-50(56)34-41(6)25-17-24-40(5)28-29-49-42(7)27-19-31-53(49,12)13/h17,24-25,28-29,34,37-39,47H,15-16,18-23,26-27,30-33,35-36H2,1-14H3/b25-17+,29-28+,40-24+,41-34+. The van der Waals surface area contributed by atoms with E-state index in [0.29, 0.717) is 0 Å². The van der Waals surface area contributed by atoms with E-state index in [2.05, 4.69) is 95.2 Å². The predicted octanol–water partition coefficient (Wildman–Crippen LogP) is 14.5. The average Bonchev–Trinajstić information content (AvgIpc) is 3.15. The van der Waals surface area contributed by atoms with Crippen LogP contribution in [0, 0.1) is 43.9 Å². The van der Waals surface area contributed by atoms with Crippen LogP contribution in [-0.2, 0) is 25.5 Å². The summed E-state index contributed by atoms with van der Waals surface area (Å²) in [4.78, 5) is 24.8. The number of benzene rings is 1. The Morgan fingerprint density at radius 2 is 1.42 bits per heavy atom. The van der Waals surface area contributed by atoms with E-state index in [1.54, 1.807) is 0 Å². The van der Waals surface area contributed by atoms with E-state index >= 15 is 0 Å². The molecule has 3 rings (SSSR count). The molecule has 4 unspecified atom stereocenters. The van der Waals surface area contributed by atoms with Crippen molar-refractivity contribution in [2.45, 2.75) is 199 Å². The molecule has 4 atom stereocenters. The maximum absolute atomic E-state index is 13.1. The van der Waals surface area contributed by atoms with Crippen LogP contribution in [0.4, 0.5) is 0 Å². The highest BCUT2D eigenvalue weighted by Gasteiger charge is 2.35. The summed E-state index contributed by atoms with van der Waals surface area (Å²) >= 11 is 0. The fraction of sp³-hybridized carbons (Fsp3) is 0.667. The van der Waals surface area contributed by atoms with Crippen LogP contribution >= 0.6 is 0 Å². The van der Waals surface area contributed by atoms with Crippen LogP contribution in [0.3, 0.4) is 0 Å². The van der Waals surface area contributed by atoms with Crippen molar-refractivity contribution >= 4 is 11.9 Å². The second-order valence-electron chi connectivity index (χ2n) is 20.0. The molecule has 0 saturated carbocycles. The lowest BCUT2D eigenvalue weighted by Crippen LogP contribution is -2.37. The van der Waals surface area contributed by atoms with Gasteiger partial charge in [-0.15, -0.1) is 0 Å². The lowest BCUT2D eigenvalue weighted by molar-refractivity contribution is -0.155. The number of fused-ring (bicyclic) bond motifs is 1. The fourth-order valence-corrected chi connectivity index (χ4v) is 9.04. The monoisotopic (exact) mass is 829 g/mol. The third-order valence-electron chi connectivity index (χ3n) is 13.1. The summed E-state index contributed by atoms with van der Waals surface area (Å²) in [7, 11) is 0. The van der Waals surface area contributed by atoms with E-state index in [4.69, 9.17) is 18.9 Å². The van der Waals surface area contributed by atoms with Crippen LogP contribution in [0.15, 0.2) is 58.7 Å². The molecule has 1 heterocycles. The van der Waals surface area contributed by atoms with Gasteiger partial charge in [-0.1, -0.05) is 128 Å². The van der Waals surface area contributed by atoms with Gasteiger partial charge in [0.15, 0.2) is 6.10 Å². The molecule has 1 aromatic rings. The number of esters is 2. The quantitative estimate of drug-likeness (QED) is 0.0622. The molecule has 6 heteroatoms. The van der Waals surface area contributed by atoms with E-state index in [1.807, 2.05) is 25.2 Å². The maximum Gasteiger partial charge on any atom is 0.331 e. The van der Waals surface area contributed by atoms with Gasteiger partial charge in [0, 0.05) is 18.6 Å². The zero-order valence-electron chi connectivity index (χ0n) is 40.5. The summed E-state index contributed by atoms with van der Waals surface area (Å²) in [5, 5.41) is 0. The molecule has 0 saturated heterocycles. The second kappa shape index (κ2) is 24.2.